The van der Waals surface area contributed by atoms with E-state index < -0.39 is 6.09 Å². The molecule has 1 heterocycles. The molecule has 0 atom stereocenters. The topological polar surface area (TPSA) is 75.5 Å². The van der Waals surface area contributed by atoms with Crippen molar-refractivity contribution in [1.29, 1.82) is 0 Å². The van der Waals surface area contributed by atoms with Crippen molar-refractivity contribution in [3.63, 3.8) is 0 Å². The van der Waals surface area contributed by atoms with E-state index in [2.05, 4.69) is 10.2 Å². The van der Waals surface area contributed by atoms with Crippen LogP contribution in [0.3, 0.4) is 0 Å². The van der Waals surface area contributed by atoms with Crippen LogP contribution in [0.2, 0.25) is 0 Å². The first kappa shape index (κ1) is 15.5. The van der Waals surface area contributed by atoms with E-state index in [-0.39, 0.29) is 5.82 Å². The Labute approximate surface area is 139 Å². The Morgan fingerprint density at radius 1 is 0.917 bits per heavy atom. The molecular weight excluding hydrogens is 306 g/mol. The number of nitrogens with zero attached hydrogens (tertiary/aromatic N) is 3. The predicted molar refractivity (Wildman–Crippen MR) is 89.4 cm³/mol. The van der Waals surface area contributed by atoms with Crippen molar-refractivity contribution in [2.75, 3.05) is 4.90 Å². The summed E-state index contributed by atoms with van der Waals surface area (Å²) >= 11 is 0. The molecule has 6 nitrogen and oxygen atoms in total. The Balaban J connectivity index is 1.74. The highest BCUT2D eigenvalue weighted by Crippen LogP contribution is 2.23. The van der Waals surface area contributed by atoms with E-state index in [0.29, 0.717) is 18.2 Å². The van der Waals surface area contributed by atoms with Crippen LogP contribution in [-0.2, 0) is 6.61 Å². The lowest BCUT2D eigenvalue weighted by Gasteiger charge is -2.17. The quantitative estimate of drug-likeness (QED) is 0.772. The number of aromatic nitrogens is 2. The maximum Gasteiger partial charge on any atom is 0.417 e. The number of rotatable bonds is 5. The monoisotopic (exact) mass is 321 g/mol. The summed E-state index contributed by atoms with van der Waals surface area (Å²) in [5.74, 6) is 0.543. The standard InChI is InChI=1S/C18H15N3O3/c22-18(23)21(15-9-5-2-6-10-15)16-11-12-17(20-19-16)24-13-14-7-3-1-4-8-14/h1-12H,13H2,(H,22,23). The van der Waals surface area contributed by atoms with Crippen LogP contribution in [0.15, 0.2) is 72.8 Å². The van der Waals surface area contributed by atoms with Gasteiger partial charge in [0.1, 0.15) is 6.61 Å². The molecule has 2 aromatic carbocycles. The van der Waals surface area contributed by atoms with E-state index in [1.54, 1.807) is 36.4 Å². The third kappa shape index (κ3) is 3.67. The molecule has 0 saturated heterocycles. The predicted octanol–water partition coefficient (Wildman–Crippen LogP) is 3.87. The van der Waals surface area contributed by atoms with Crippen molar-refractivity contribution < 1.29 is 14.6 Å². The van der Waals surface area contributed by atoms with Crippen LogP contribution in [0.1, 0.15) is 5.56 Å². The van der Waals surface area contributed by atoms with Crippen LogP contribution in [0.5, 0.6) is 5.88 Å². The minimum atomic E-state index is -1.13. The summed E-state index contributed by atoms with van der Waals surface area (Å²) in [6.45, 7) is 0.371. The molecule has 24 heavy (non-hydrogen) atoms. The minimum Gasteiger partial charge on any atom is -0.472 e. The first-order valence-electron chi connectivity index (χ1n) is 7.32. The molecule has 1 amide bonds. The Morgan fingerprint density at radius 3 is 2.17 bits per heavy atom. The van der Waals surface area contributed by atoms with Crippen molar-refractivity contribution >= 4 is 17.6 Å². The van der Waals surface area contributed by atoms with Gasteiger partial charge >= 0.3 is 6.09 Å². The zero-order valence-corrected chi connectivity index (χ0v) is 12.7. The summed E-state index contributed by atoms with van der Waals surface area (Å²) in [5, 5.41) is 17.3. The van der Waals surface area contributed by atoms with Crippen molar-refractivity contribution in [2.24, 2.45) is 0 Å². The second kappa shape index (κ2) is 7.23. The number of carboxylic acid groups (broad SMARTS) is 1. The number of hydrogen-bond acceptors (Lipinski definition) is 4. The van der Waals surface area contributed by atoms with E-state index in [0.717, 1.165) is 10.5 Å². The summed E-state index contributed by atoms with van der Waals surface area (Å²) in [7, 11) is 0. The third-order valence-electron chi connectivity index (χ3n) is 3.29. The fourth-order valence-corrected chi connectivity index (χ4v) is 2.16. The third-order valence-corrected chi connectivity index (χ3v) is 3.29. The van der Waals surface area contributed by atoms with Gasteiger partial charge in [-0.15, -0.1) is 10.2 Å². The van der Waals surface area contributed by atoms with Crippen molar-refractivity contribution in [3.05, 3.63) is 78.4 Å². The van der Waals surface area contributed by atoms with Gasteiger partial charge < -0.3 is 9.84 Å². The molecular formula is C18H15N3O3. The Hall–Kier alpha value is -3.41. The maximum atomic E-state index is 11.5. The highest BCUT2D eigenvalue weighted by Gasteiger charge is 2.18. The molecule has 6 heteroatoms. The zero-order chi connectivity index (χ0) is 16.8. The summed E-state index contributed by atoms with van der Waals surface area (Å²) in [6.07, 6.45) is -1.13. The van der Waals surface area contributed by atoms with Crippen LogP contribution in [0, 0.1) is 0 Å². The largest absolute Gasteiger partial charge is 0.472 e. The number of para-hydroxylation sites is 1. The van der Waals surface area contributed by atoms with Gasteiger partial charge in [0.15, 0.2) is 5.82 Å². The van der Waals surface area contributed by atoms with Gasteiger partial charge in [-0.25, -0.2) is 9.69 Å². The molecule has 0 spiro atoms. The highest BCUT2D eigenvalue weighted by molar-refractivity contribution is 5.93. The second-order valence-electron chi connectivity index (χ2n) is 4.96. The van der Waals surface area contributed by atoms with E-state index in [1.807, 2.05) is 36.4 Å². The van der Waals surface area contributed by atoms with Crippen molar-refractivity contribution in [1.82, 2.24) is 10.2 Å². The fourth-order valence-electron chi connectivity index (χ4n) is 2.16. The average molecular weight is 321 g/mol. The number of amides is 1. The molecule has 0 aliphatic rings. The summed E-state index contributed by atoms with van der Waals surface area (Å²) in [5.41, 5.74) is 1.51. The van der Waals surface area contributed by atoms with Gasteiger partial charge in [-0.1, -0.05) is 48.5 Å². The van der Waals surface area contributed by atoms with Gasteiger partial charge in [0, 0.05) is 6.07 Å². The number of carbonyl (C=O) groups is 1. The molecule has 0 aliphatic heterocycles. The van der Waals surface area contributed by atoms with E-state index in [9.17, 15) is 9.90 Å². The van der Waals surface area contributed by atoms with Crippen molar-refractivity contribution in [2.45, 2.75) is 6.61 Å². The van der Waals surface area contributed by atoms with Crippen molar-refractivity contribution in [3.8, 4) is 5.88 Å². The van der Waals surface area contributed by atoms with Gasteiger partial charge in [-0.3, -0.25) is 0 Å². The molecule has 0 radical (unpaired) electrons. The molecule has 1 N–H and O–H groups in total. The van der Waals surface area contributed by atoms with Gasteiger partial charge in [0.05, 0.1) is 5.69 Å². The molecule has 0 saturated carbocycles. The normalized spacial score (nSPS) is 10.2. The molecule has 120 valence electrons. The molecule has 0 fully saturated rings. The van der Waals surface area contributed by atoms with Gasteiger partial charge in [-0.05, 0) is 23.8 Å². The smallest absolute Gasteiger partial charge is 0.417 e. The number of ether oxygens (including phenoxy) is 1. The van der Waals surface area contributed by atoms with Gasteiger partial charge in [0.2, 0.25) is 5.88 Å². The first-order chi connectivity index (χ1) is 11.7. The molecule has 0 bridgehead atoms. The van der Waals surface area contributed by atoms with Crippen LogP contribution in [0.25, 0.3) is 0 Å². The lowest BCUT2D eigenvalue weighted by molar-refractivity contribution is 0.204. The molecule has 0 aliphatic carbocycles. The Kier molecular flexibility index (Phi) is 4.67. The number of benzene rings is 2. The van der Waals surface area contributed by atoms with E-state index >= 15 is 0 Å². The Bertz CT molecular complexity index is 793. The summed E-state index contributed by atoms with van der Waals surface area (Å²) in [6, 6.07) is 21.6. The van der Waals surface area contributed by atoms with Crippen LogP contribution >= 0.6 is 0 Å². The molecule has 0 unspecified atom stereocenters. The minimum absolute atomic E-state index is 0.209. The van der Waals surface area contributed by atoms with E-state index in [1.165, 1.54) is 0 Å². The Morgan fingerprint density at radius 2 is 1.58 bits per heavy atom. The number of anilines is 2. The van der Waals surface area contributed by atoms with E-state index in [4.69, 9.17) is 4.74 Å². The molecule has 1 aromatic heterocycles. The SMILES string of the molecule is O=C(O)N(c1ccccc1)c1ccc(OCc2ccccc2)nn1. The maximum absolute atomic E-state index is 11.5. The second-order valence-corrected chi connectivity index (χ2v) is 4.96. The summed E-state index contributed by atoms with van der Waals surface area (Å²) < 4.78 is 5.55. The van der Waals surface area contributed by atoms with Gasteiger partial charge in [0.25, 0.3) is 0 Å². The van der Waals surface area contributed by atoms with Crippen LogP contribution < -0.4 is 9.64 Å². The number of hydrogen-bond donors (Lipinski definition) is 1. The molecule has 3 aromatic rings. The average Bonchev–Trinajstić information content (AvgIpc) is 2.63. The van der Waals surface area contributed by atoms with Gasteiger partial charge in [-0.2, -0.15) is 0 Å². The molecule has 3 rings (SSSR count). The van der Waals surface area contributed by atoms with Crippen LogP contribution in [0.4, 0.5) is 16.3 Å². The zero-order valence-electron chi connectivity index (χ0n) is 12.7. The summed E-state index contributed by atoms with van der Waals surface area (Å²) in [4.78, 5) is 12.6. The first-order valence-corrected chi connectivity index (χ1v) is 7.32. The fraction of sp³-hybridized carbons (Fsp3) is 0.0556. The highest BCUT2D eigenvalue weighted by atomic mass is 16.5. The lowest BCUT2D eigenvalue weighted by atomic mass is 10.2. The lowest BCUT2D eigenvalue weighted by Crippen LogP contribution is -2.24. The van der Waals surface area contributed by atoms with Crippen LogP contribution in [-0.4, -0.2) is 21.4 Å².